The maximum absolute atomic E-state index is 4.83. The molecule has 0 fully saturated rings. The maximum Gasteiger partial charge on any atom is 0.171 e. The van der Waals surface area contributed by atoms with Gasteiger partial charge in [0.25, 0.3) is 0 Å². The van der Waals surface area contributed by atoms with E-state index in [0.717, 1.165) is 46.7 Å². The Hall–Kier alpha value is -2.54. The van der Waals surface area contributed by atoms with E-state index in [2.05, 4.69) is 64.2 Å². The summed E-state index contributed by atoms with van der Waals surface area (Å²) in [5.74, 6) is 2.63. The van der Waals surface area contributed by atoms with E-state index in [1.807, 2.05) is 6.92 Å². The number of rotatable bonds is 4. The van der Waals surface area contributed by atoms with Gasteiger partial charge < -0.3 is 10.3 Å². The number of nitrogens with zero attached hydrogens (tertiary/aromatic N) is 4. The molecule has 7 heteroatoms. The molecule has 0 spiro atoms. The minimum atomic E-state index is 0.0247. The first-order valence-electron chi connectivity index (χ1n) is 9.22. The summed E-state index contributed by atoms with van der Waals surface area (Å²) in [6, 6.07) is 8.40. The molecule has 6 nitrogen and oxygen atoms in total. The highest BCUT2D eigenvalue weighted by Gasteiger charge is 2.34. The number of H-pyrrole nitrogens is 1. The Balaban J connectivity index is 1.44. The third-order valence-corrected chi connectivity index (χ3v) is 6.49. The van der Waals surface area contributed by atoms with Gasteiger partial charge in [-0.25, -0.2) is 15.0 Å². The average Bonchev–Trinajstić information content (AvgIpc) is 3.29. The first kappa shape index (κ1) is 16.6. The second-order valence-electron chi connectivity index (χ2n) is 7.66. The second-order valence-corrected chi connectivity index (χ2v) is 8.60. The van der Waals surface area contributed by atoms with E-state index < -0.39 is 0 Å². The van der Waals surface area contributed by atoms with Crippen molar-refractivity contribution in [3.05, 3.63) is 41.9 Å². The lowest BCUT2D eigenvalue weighted by molar-refractivity contribution is 0.404. The van der Waals surface area contributed by atoms with Crippen molar-refractivity contribution in [2.75, 3.05) is 17.6 Å². The normalized spacial score (nSPS) is 15.5. The number of imidazole rings is 1. The molecule has 0 atom stereocenters. The average molecular weight is 379 g/mol. The first-order chi connectivity index (χ1) is 13.0. The molecule has 0 saturated heterocycles. The molecular weight excluding hydrogens is 356 g/mol. The van der Waals surface area contributed by atoms with Gasteiger partial charge in [-0.15, -0.1) is 0 Å². The number of hydrogen-bond donors (Lipinski definition) is 2. The molecule has 0 bridgehead atoms. The SMILES string of the molecule is Cc1nc(NCCc2c[nH]c3ccccc23)c2nc3n(c2n1)C(C)(C)CS3. The molecule has 0 saturated carbocycles. The van der Waals surface area contributed by atoms with E-state index in [0.29, 0.717) is 0 Å². The van der Waals surface area contributed by atoms with Gasteiger partial charge in [0.1, 0.15) is 5.82 Å². The number of aromatic amines is 1. The summed E-state index contributed by atoms with van der Waals surface area (Å²) < 4.78 is 2.26. The van der Waals surface area contributed by atoms with Crippen LogP contribution in [-0.4, -0.2) is 36.8 Å². The lowest BCUT2D eigenvalue weighted by Gasteiger charge is -2.20. The first-order valence-corrected chi connectivity index (χ1v) is 10.2. The predicted molar refractivity (Wildman–Crippen MR) is 111 cm³/mol. The van der Waals surface area contributed by atoms with E-state index in [1.165, 1.54) is 16.5 Å². The van der Waals surface area contributed by atoms with Crippen LogP contribution in [0.2, 0.25) is 0 Å². The number of thioether (sulfide) groups is 1. The van der Waals surface area contributed by atoms with Crippen molar-refractivity contribution in [1.29, 1.82) is 0 Å². The minimum Gasteiger partial charge on any atom is -0.368 e. The molecule has 1 aliphatic heterocycles. The van der Waals surface area contributed by atoms with Crippen LogP contribution in [0.25, 0.3) is 22.1 Å². The van der Waals surface area contributed by atoms with Crippen molar-refractivity contribution in [2.45, 2.75) is 37.9 Å². The Morgan fingerprint density at radius 3 is 2.96 bits per heavy atom. The largest absolute Gasteiger partial charge is 0.368 e. The van der Waals surface area contributed by atoms with E-state index >= 15 is 0 Å². The van der Waals surface area contributed by atoms with Gasteiger partial charge >= 0.3 is 0 Å². The molecule has 0 aliphatic carbocycles. The van der Waals surface area contributed by atoms with Crippen LogP contribution in [0.5, 0.6) is 0 Å². The number of aromatic nitrogens is 5. The number of aryl methyl sites for hydroxylation is 1. The summed E-state index contributed by atoms with van der Waals surface area (Å²) in [6.45, 7) is 7.21. The van der Waals surface area contributed by atoms with Crippen LogP contribution in [0.15, 0.2) is 35.6 Å². The molecule has 1 aromatic carbocycles. The summed E-state index contributed by atoms with van der Waals surface area (Å²) in [6.07, 6.45) is 3.01. The number of fused-ring (bicyclic) bond motifs is 4. The van der Waals surface area contributed by atoms with Gasteiger partial charge in [0, 0.05) is 29.4 Å². The van der Waals surface area contributed by atoms with Crippen LogP contribution in [0.1, 0.15) is 25.2 Å². The van der Waals surface area contributed by atoms with Gasteiger partial charge in [-0.05, 0) is 38.8 Å². The molecule has 4 aromatic rings. The van der Waals surface area contributed by atoms with Gasteiger partial charge in [-0.1, -0.05) is 30.0 Å². The summed E-state index contributed by atoms with van der Waals surface area (Å²) in [4.78, 5) is 17.5. The van der Waals surface area contributed by atoms with Gasteiger partial charge in [0.2, 0.25) is 0 Å². The van der Waals surface area contributed by atoms with Crippen molar-refractivity contribution in [3.8, 4) is 0 Å². The highest BCUT2D eigenvalue weighted by atomic mass is 32.2. The Bertz CT molecular complexity index is 1160. The standard InChI is InChI=1S/C20H22N6S/c1-12-23-17(16-18(24-12)26-19(25-16)27-11-20(26,2)3)21-9-8-13-10-22-15-7-5-4-6-14(13)15/h4-7,10,22H,8-9,11H2,1-3H3,(H,21,23,24). The highest BCUT2D eigenvalue weighted by Crippen LogP contribution is 2.40. The Kier molecular flexibility index (Phi) is 3.69. The zero-order chi connectivity index (χ0) is 18.6. The Labute approximate surface area is 161 Å². The molecule has 0 radical (unpaired) electrons. The van der Waals surface area contributed by atoms with Crippen molar-refractivity contribution in [3.63, 3.8) is 0 Å². The Morgan fingerprint density at radius 2 is 2.07 bits per heavy atom. The van der Waals surface area contributed by atoms with Crippen LogP contribution in [0, 0.1) is 6.92 Å². The number of para-hydroxylation sites is 1. The fourth-order valence-corrected chi connectivity index (χ4v) is 5.00. The third kappa shape index (κ3) is 2.68. The van der Waals surface area contributed by atoms with Gasteiger partial charge in [-0.3, -0.25) is 4.57 Å². The van der Waals surface area contributed by atoms with Crippen LogP contribution < -0.4 is 5.32 Å². The van der Waals surface area contributed by atoms with E-state index in [9.17, 15) is 0 Å². The fourth-order valence-electron chi connectivity index (χ4n) is 3.77. The number of hydrogen-bond acceptors (Lipinski definition) is 5. The fraction of sp³-hybridized carbons (Fsp3) is 0.350. The van der Waals surface area contributed by atoms with Crippen LogP contribution in [0.4, 0.5) is 5.82 Å². The molecule has 0 unspecified atom stereocenters. The quantitative estimate of drug-likeness (QED) is 0.559. The highest BCUT2D eigenvalue weighted by molar-refractivity contribution is 7.99. The topological polar surface area (TPSA) is 71.4 Å². The van der Waals surface area contributed by atoms with Crippen molar-refractivity contribution in [2.24, 2.45) is 0 Å². The minimum absolute atomic E-state index is 0.0247. The second kappa shape index (κ2) is 5.99. The molecule has 5 rings (SSSR count). The summed E-state index contributed by atoms with van der Waals surface area (Å²) >= 11 is 1.79. The maximum atomic E-state index is 4.83. The lowest BCUT2D eigenvalue weighted by atomic mass is 10.1. The van der Waals surface area contributed by atoms with Gasteiger partial charge in [0.15, 0.2) is 22.1 Å². The van der Waals surface area contributed by atoms with Crippen molar-refractivity contribution in [1.82, 2.24) is 24.5 Å². The van der Waals surface area contributed by atoms with Crippen LogP contribution in [0.3, 0.4) is 0 Å². The number of benzene rings is 1. The summed E-state index contributed by atoms with van der Waals surface area (Å²) in [5.41, 5.74) is 4.32. The van der Waals surface area contributed by atoms with E-state index in [4.69, 9.17) is 9.97 Å². The Morgan fingerprint density at radius 1 is 1.22 bits per heavy atom. The predicted octanol–water partition coefficient (Wildman–Crippen LogP) is 4.11. The summed E-state index contributed by atoms with van der Waals surface area (Å²) in [5, 5.41) is 5.81. The van der Waals surface area contributed by atoms with Crippen molar-refractivity contribution < 1.29 is 0 Å². The number of nitrogens with one attached hydrogen (secondary N) is 2. The van der Waals surface area contributed by atoms with Crippen LogP contribution in [-0.2, 0) is 12.0 Å². The monoisotopic (exact) mass is 378 g/mol. The van der Waals surface area contributed by atoms with Crippen LogP contribution >= 0.6 is 11.8 Å². The molecule has 138 valence electrons. The summed E-state index contributed by atoms with van der Waals surface area (Å²) in [7, 11) is 0. The molecule has 1 aliphatic rings. The zero-order valence-corrected chi connectivity index (χ0v) is 16.5. The molecular formula is C20H22N6S. The van der Waals surface area contributed by atoms with Gasteiger partial charge in [-0.2, -0.15) is 0 Å². The number of anilines is 1. The third-order valence-electron chi connectivity index (χ3n) is 5.11. The zero-order valence-electron chi connectivity index (χ0n) is 15.7. The van der Waals surface area contributed by atoms with Crippen molar-refractivity contribution >= 4 is 39.6 Å². The molecule has 2 N–H and O–H groups in total. The van der Waals surface area contributed by atoms with E-state index in [1.54, 1.807) is 11.8 Å². The molecule has 27 heavy (non-hydrogen) atoms. The van der Waals surface area contributed by atoms with E-state index in [-0.39, 0.29) is 5.54 Å². The molecule has 3 aromatic heterocycles. The molecule has 4 heterocycles. The smallest absolute Gasteiger partial charge is 0.171 e. The lowest BCUT2D eigenvalue weighted by Crippen LogP contribution is -2.24. The van der Waals surface area contributed by atoms with Gasteiger partial charge in [0.05, 0.1) is 5.54 Å². The molecule has 0 amide bonds.